The van der Waals surface area contributed by atoms with E-state index in [4.69, 9.17) is 0 Å². The lowest BCUT2D eigenvalue weighted by Crippen LogP contribution is -1.84. The first-order chi connectivity index (χ1) is 5.18. The normalized spacial score (nSPS) is 9.64. The molecule has 0 fully saturated rings. The Kier molecular flexibility index (Phi) is 2.48. The summed E-state index contributed by atoms with van der Waals surface area (Å²) in [5.41, 5.74) is 3.88. The summed E-state index contributed by atoms with van der Waals surface area (Å²) in [6.07, 6.45) is 1.00. The molecule has 11 heavy (non-hydrogen) atoms. The molecule has 0 aliphatic rings. The molecule has 0 atom stereocenters. The molecule has 0 heterocycles. The first kappa shape index (κ1) is 8.06. The molecule has 0 N–H and O–H groups in total. The lowest BCUT2D eigenvalue weighted by molar-refractivity contribution is 1.15. The Morgan fingerprint density at radius 1 is 1.27 bits per heavy atom. The van der Waals surface area contributed by atoms with E-state index in [1.807, 2.05) is 0 Å². The molecular formula is C11H14. The van der Waals surface area contributed by atoms with Crippen LogP contribution in [-0.4, -0.2) is 0 Å². The minimum Gasteiger partial charge on any atom is -0.0998 e. The molecule has 0 spiro atoms. The summed E-state index contributed by atoms with van der Waals surface area (Å²) in [6, 6.07) is 8.59. The predicted octanol–water partition coefficient (Wildman–Crippen LogP) is 3.11. The maximum atomic E-state index is 3.87. The minimum atomic E-state index is 1.00. The Morgan fingerprint density at radius 3 is 2.27 bits per heavy atom. The molecule has 0 aromatic heterocycles. The molecule has 58 valence electrons. The summed E-state index contributed by atoms with van der Waals surface area (Å²) in [4.78, 5) is 0. The molecule has 1 rings (SSSR count). The fourth-order valence-corrected chi connectivity index (χ4v) is 1.05. The highest BCUT2D eigenvalue weighted by Crippen LogP contribution is 2.07. The van der Waals surface area contributed by atoms with Crippen molar-refractivity contribution < 1.29 is 0 Å². The standard InChI is InChI=1S/C11H14/c1-9(2)8-11-6-4-10(3)5-7-11/h4-7H,1,8H2,2-3H3. The Balaban J connectivity index is 2.74. The summed E-state index contributed by atoms with van der Waals surface area (Å²) in [6.45, 7) is 8.03. The van der Waals surface area contributed by atoms with E-state index in [1.54, 1.807) is 0 Å². The van der Waals surface area contributed by atoms with Crippen LogP contribution in [0, 0.1) is 6.92 Å². The molecule has 0 radical (unpaired) electrons. The third kappa shape index (κ3) is 2.58. The van der Waals surface area contributed by atoms with E-state index >= 15 is 0 Å². The highest BCUT2D eigenvalue weighted by Gasteiger charge is 1.91. The van der Waals surface area contributed by atoms with Gasteiger partial charge in [-0.2, -0.15) is 0 Å². The number of benzene rings is 1. The van der Waals surface area contributed by atoms with Gasteiger partial charge in [-0.1, -0.05) is 42.0 Å². The van der Waals surface area contributed by atoms with Crippen molar-refractivity contribution in [2.75, 3.05) is 0 Å². The van der Waals surface area contributed by atoms with Crippen molar-refractivity contribution in [2.45, 2.75) is 20.3 Å². The molecule has 0 bridgehead atoms. The summed E-state index contributed by atoms with van der Waals surface area (Å²) < 4.78 is 0. The fraction of sp³-hybridized carbons (Fsp3) is 0.273. The lowest BCUT2D eigenvalue weighted by Gasteiger charge is -1.99. The van der Waals surface area contributed by atoms with Gasteiger partial charge in [0.05, 0.1) is 0 Å². The molecular weight excluding hydrogens is 132 g/mol. The Bertz CT molecular complexity index is 241. The van der Waals surface area contributed by atoms with E-state index in [2.05, 4.69) is 44.7 Å². The second-order valence-electron chi connectivity index (χ2n) is 3.12. The molecule has 0 unspecified atom stereocenters. The molecule has 0 saturated heterocycles. The maximum Gasteiger partial charge on any atom is -0.00726 e. The van der Waals surface area contributed by atoms with Crippen molar-refractivity contribution in [3.8, 4) is 0 Å². The van der Waals surface area contributed by atoms with Gasteiger partial charge in [0.15, 0.2) is 0 Å². The van der Waals surface area contributed by atoms with Crippen LogP contribution in [0.25, 0.3) is 0 Å². The summed E-state index contributed by atoms with van der Waals surface area (Å²) in [5.74, 6) is 0. The van der Waals surface area contributed by atoms with Crippen LogP contribution >= 0.6 is 0 Å². The first-order valence-corrected chi connectivity index (χ1v) is 3.88. The second kappa shape index (κ2) is 3.38. The Morgan fingerprint density at radius 2 is 1.82 bits per heavy atom. The van der Waals surface area contributed by atoms with Crippen molar-refractivity contribution in [1.29, 1.82) is 0 Å². The number of rotatable bonds is 2. The van der Waals surface area contributed by atoms with E-state index in [0.29, 0.717) is 0 Å². The average Bonchev–Trinajstić information content (AvgIpc) is 1.93. The smallest absolute Gasteiger partial charge is 0.00726 e. The number of hydrogen-bond donors (Lipinski definition) is 0. The predicted molar refractivity (Wildman–Crippen MR) is 49.7 cm³/mol. The third-order valence-electron chi connectivity index (χ3n) is 1.63. The summed E-state index contributed by atoms with van der Waals surface area (Å²) in [5, 5.41) is 0. The SMILES string of the molecule is C=C(C)Cc1ccc(C)cc1. The maximum absolute atomic E-state index is 3.87. The van der Waals surface area contributed by atoms with Crippen molar-refractivity contribution in [2.24, 2.45) is 0 Å². The minimum absolute atomic E-state index is 1.00. The monoisotopic (exact) mass is 146 g/mol. The van der Waals surface area contributed by atoms with Gasteiger partial charge in [0, 0.05) is 0 Å². The van der Waals surface area contributed by atoms with Crippen molar-refractivity contribution >= 4 is 0 Å². The number of allylic oxidation sites excluding steroid dienone is 1. The molecule has 0 heteroatoms. The number of aryl methyl sites for hydroxylation is 1. The van der Waals surface area contributed by atoms with Gasteiger partial charge >= 0.3 is 0 Å². The average molecular weight is 146 g/mol. The van der Waals surface area contributed by atoms with Gasteiger partial charge in [0.25, 0.3) is 0 Å². The Hall–Kier alpha value is -1.04. The Labute approximate surface area is 68.6 Å². The highest BCUT2D eigenvalue weighted by molar-refractivity contribution is 5.24. The van der Waals surface area contributed by atoms with E-state index in [0.717, 1.165) is 6.42 Å². The van der Waals surface area contributed by atoms with Crippen molar-refractivity contribution in [1.82, 2.24) is 0 Å². The molecule has 1 aromatic rings. The van der Waals surface area contributed by atoms with Gasteiger partial charge in [-0.15, -0.1) is 0 Å². The van der Waals surface area contributed by atoms with Gasteiger partial charge in [-0.3, -0.25) is 0 Å². The molecule has 0 aliphatic carbocycles. The molecule has 0 nitrogen and oxygen atoms in total. The van der Waals surface area contributed by atoms with Crippen molar-refractivity contribution in [3.63, 3.8) is 0 Å². The van der Waals surface area contributed by atoms with Crippen LogP contribution in [0.5, 0.6) is 0 Å². The van der Waals surface area contributed by atoms with E-state index in [9.17, 15) is 0 Å². The number of hydrogen-bond acceptors (Lipinski definition) is 0. The zero-order chi connectivity index (χ0) is 8.27. The van der Waals surface area contributed by atoms with Crippen LogP contribution in [0.1, 0.15) is 18.1 Å². The van der Waals surface area contributed by atoms with Crippen LogP contribution in [0.2, 0.25) is 0 Å². The summed E-state index contributed by atoms with van der Waals surface area (Å²) >= 11 is 0. The zero-order valence-corrected chi connectivity index (χ0v) is 7.22. The first-order valence-electron chi connectivity index (χ1n) is 3.88. The summed E-state index contributed by atoms with van der Waals surface area (Å²) in [7, 11) is 0. The van der Waals surface area contributed by atoms with E-state index < -0.39 is 0 Å². The topological polar surface area (TPSA) is 0 Å². The highest BCUT2D eigenvalue weighted by atomic mass is 14.0. The van der Waals surface area contributed by atoms with E-state index in [-0.39, 0.29) is 0 Å². The van der Waals surface area contributed by atoms with Gasteiger partial charge in [-0.25, -0.2) is 0 Å². The molecule has 0 amide bonds. The molecule has 1 aromatic carbocycles. The quantitative estimate of drug-likeness (QED) is 0.562. The largest absolute Gasteiger partial charge is 0.0998 e. The van der Waals surface area contributed by atoms with Gasteiger partial charge in [0.1, 0.15) is 0 Å². The van der Waals surface area contributed by atoms with Crippen LogP contribution in [0.4, 0.5) is 0 Å². The van der Waals surface area contributed by atoms with Gasteiger partial charge in [-0.05, 0) is 25.8 Å². The van der Waals surface area contributed by atoms with Crippen molar-refractivity contribution in [3.05, 3.63) is 47.5 Å². The molecule has 0 aliphatic heterocycles. The van der Waals surface area contributed by atoms with Crippen LogP contribution in [0.15, 0.2) is 36.4 Å². The van der Waals surface area contributed by atoms with Gasteiger partial charge < -0.3 is 0 Å². The van der Waals surface area contributed by atoms with Crippen LogP contribution in [-0.2, 0) is 6.42 Å². The third-order valence-corrected chi connectivity index (χ3v) is 1.63. The fourth-order valence-electron chi connectivity index (χ4n) is 1.05. The second-order valence-corrected chi connectivity index (χ2v) is 3.12. The van der Waals surface area contributed by atoms with E-state index in [1.165, 1.54) is 16.7 Å². The van der Waals surface area contributed by atoms with Gasteiger partial charge in [0.2, 0.25) is 0 Å². The zero-order valence-electron chi connectivity index (χ0n) is 7.22. The molecule has 0 saturated carbocycles. The lowest BCUT2D eigenvalue weighted by atomic mass is 10.1. The van der Waals surface area contributed by atoms with Crippen LogP contribution < -0.4 is 0 Å². The van der Waals surface area contributed by atoms with Crippen LogP contribution in [0.3, 0.4) is 0 Å².